The van der Waals surface area contributed by atoms with E-state index < -0.39 is 0 Å². The van der Waals surface area contributed by atoms with Crippen molar-refractivity contribution in [2.24, 2.45) is 5.73 Å². The highest BCUT2D eigenvalue weighted by atomic mass is 16.1. The Morgan fingerprint density at radius 2 is 1.88 bits per heavy atom. The molecule has 2 saturated carbocycles. The maximum absolute atomic E-state index is 11.9. The van der Waals surface area contributed by atoms with Gasteiger partial charge < -0.3 is 11.1 Å². The predicted molar refractivity (Wildman–Crippen MR) is 66.6 cm³/mol. The highest BCUT2D eigenvalue weighted by Gasteiger charge is 2.39. The lowest BCUT2D eigenvalue weighted by atomic mass is 9.93. The van der Waals surface area contributed by atoms with Crippen LogP contribution >= 0.6 is 0 Å². The summed E-state index contributed by atoms with van der Waals surface area (Å²) >= 11 is 0. The molecule has 1 aromatic carbocycles. The minimum absolute atomic E-state index is 0.0446. The predicted octanol–water partition coefficient (Wildman–Crippen LogP) is 1.92. The van der Waals surface area contributed by atoms with Gasteiger partial charge in [-0.1, -0.05) is 12.1 Å². The Morgan fingerprint density at radius 3 is 2.35 bits per heavy atom. The second-order valence-electron chi connectivity index (χ2n) is 5.33. The molecule has 0 aromatic heterocycles. The smallest absolute Gasteiger partial charge is 0.251 e. The van der Waals surface area contributed by atoms with E-state index in [1.165, 1.54) is 6.42 Å². The molecule has 3 nitrogen and oxygen atoms in total. The third-order valence-corrected chi connectivity index (χ3v) is 3.95. The first-order valence-corrected chi connectivity index (χ1v) is 6.38. The van der Waals surface area contributed by atoms with Crippen LogP contribution in [0.25, 0.3) is 0 Å². The van der Waals surface area contributed by atoms with E-state index in [1.807, 2.05) is 24.3 Å². The van der Waals surface area contributed by atoms with E-state index >= 15 is 0 Å². The van der Waals surface area contributed by atoms with Crippen molar-refractivity contribution in [3.8, 4) is 0 Å². The first-order valence-electron chi connectivity index (χ1n) is 6.38. The topological polar surface area (TPSA) is 55.1 Å². The van der Waals surface area contributed by atoms with Gasteiger partial charge in [0.25, 0.3) is 5.91 Å². The molecule has 3 rings (SSSR count). The molecule has 0 radical (unpaired) electrons. The van der Waals surface area contributed by atoms with Gasteiger partial charge in [-0.3, -0.25) is 4.79 Å². The van der Waals surface area contributed by atoms with E-state index in [1.54, 1.807) is 0 Å². The summed E-state index contributed by atoms with van der Waals surface area (Å²) in [5.41, 5.74) is 7.89. The molecule has 0 atom stereocenters. The molecule has 90 valence electrons. The highest BCUT2D eigenvalue weighted by Crippen LogP contribution is 2.42. The zero-order chi connectivity index (χ0) is 11.9. The molecule has 3 N–H and O–H groups in total. The van der Waals surface area contributed by atoms with Gasteiger partial charge in [-0.25, -0.2) is 0 Å². The molecule has 17 heavy (non-hydrogen) atoms. The molecule has 2 aliphatic carbocycles. The molecule has 0 bridgehead atoms. The number of nitrogens with two attached hydrogens (primary N) is 1. The number of rotatable bonds is 3. The summed E-state index contributed by atoms with van der Waals surface area (Å²) in [6, 6.07) is 8.14. The molecule has 0 saturated heterocycles. The molecule has 1 aromatic rings. The molecule has 0 heterocycles. The van der Waals surface area contributed by atoms with Crippen LogP contribution in [-0.2, 0) is 5.54 Å². The summed E-state index contributed by atoms with van der Waals surface area (Å²) in [5, 5.41) is 3.04. The molecule has 0 spiro atoms. The third-order valence-electron chi connectivity index (χ3n) is 3.95. The van der Waals surface area contributed by atoms with E-state index in [9.17, 15) is 4.79 Å². The summed E-state index contributed by atoms with van der Waals surface area (Å²) in [5.74, 6) is 0.0446. The lowest BCUT2D eigenvalue weighted by Crippen LogP contribution is -2.39. The lowest BCUT2D eigenvalue weighted by molar-refractivity contribution is 0.0917. The highest BCUT2D eigenvalue weighted by molar-refractivity contribution is 5.94. The van der Waals surface area contributed by atoms with Crippen molar-refractivity contribution in [1.29, 1.82) is 0 Å². The van der Waals surface area contributed by atoms with Crippen LogP contribution in [0.15, 0.2) is 24.3 Å². The van der Waals surface area contributed by atoms with Gasteiger partial charge in [0.15, 0.2) is 0 Å². The molecule has 2 aliphatic rings. The van der Waals surface area contributed by atoms with Gasteiger partial charge in [0.2, 0.25) is 0 Å². The van der Waals surface area contributed by atoms with Crippen molar-refractivity contribution in [2.75, 3.05) is 0 Å². The van der Waals surface area contributed by atoms with Gasteiger partial charge >= 0.3 is 0 Å². The summed E-state index contributed by atoms with van der Waals surface area (Å²) in [6.07, 6.45) is 5.59. The van der Waals surface area contributed by atoms with Crippen LogP contribution in [-0.4, -0.2) is 11.9 Å². The van der Waals surface area contributed by atoms with Crippen molar-refractivity contribution in [3.05, 3.63) is 35.4 Å². The molecular formula is C14H18N2O. The first kappa shape index (κ1) is 10.8. The fourth-order valence-corrected chi connectivity index (χ4v) is 2.20. The monoisotopic (exact) mass is 230 g/mol. The van der Waals surface area contributed by atoms with E-state index in [0.29, 0.717) is 6.04 Å². The summed E-state index contributed by atoms with van der Waals surface area (Å²) in [4.78, 5) is 11.9. The van der Waals surface area contributed by atoms with Crippen LogP contribution in [0.2, 0.25) is 0 Å². The molecular weight excluding hydrogens is 212 g/mol. The third kappa shape index (κ3) is 2.07. The van der Waals surface area contributed by atoms with E-state index in [-0.39, 0.29) is 11.4 Å². The zero-order valence-electron chi connectivity index (χ0n) is 9.91. The summed E-state index contributed by atoms with van der Waals surface area (Å²) in [6.45, 7) is 0. The van der Waals surface area contributed by atoms with Crippen LogP contribution in [0.3, 0.4) is 0 Å². The Morgan fingerprint density at radius 1 is 1.24 bits per heavy atom. The van der Waals surface area contributed by atoms with Crippen LogP contribution in [0.4, 0.5) is 0 Å². The van der Waals surface area contributed by atoms with Crippen molar-refractivity contribution in [1.82, 2.24) is 5.32 Å². The number of carbonyl (C=O) groups is 1. The normalized spacial score (nSPS) is 21.7. The van der Waals surface area contributed by atoms with Gasteiger partial charge in [0, 0.05) is 17.1 Å². The van der Waals surface area contributed by atoms with Gasteiger partial charge in [0.05, 0.1) is 0 Å². The average molecular weight is 230 g/mol. The Hall–Kier alpha value is -1.35. The lowest BCUT2D eigenvalue weighted by Gasteiger charge is -2.26. The largest absolute Gasteiger partial charge is 0.349 e. The van der Waals surface area contributed by atoms with Crippen molar-refractivity contribution in [3.63, 3.8) is 0 Å². The fourth-order valence-electron chi connectivity index (χ4n) is 2.20. The van der Waals surface area contributed by atoms with Gasteiger partial charge in [0.1, 0.15) is 0 Å². The quantitative estimate of drug-likeness (QED) is 0.833. The number of amides is 1. The molecule has 2 fully saturated rings. The van der Waals surface area contributed by atoms with E-state index in [4.69, 9.17) is 5.73 Å². The molecule has 0 aliphatic heterocycles. The Bertz CT molecular complexity index is 430. The van der Waals surface area contributed by atoms with E-state index in [2.05, 4.69) is 5.32 Å². The standard InChI is InChI=1S/C14H18N2O/c15-14(8-9-14)11-6-4-10(5-7-11)13(17)16-12-2-1-3-12/h4-7,12H,1-3,8-9,15H2,(H,16,17). The Kier molecular flexibility index (Phi) is 2.44. The average Bonchev–Trinajstić information content (AvgIpc) is 3.03. The van der Waals surface area contributed by atoms with Crippen molar-refractivity contribution in [2.45, 2.75) is 43.7 Å². The second kappa shape index (κ2) is 3.84. The number of nitrogens with one attached hydrogen (secondary N) is 1. The molecule has 0 unspecified atom stereocenters. The summed E-state index contributed by atoms with van der Waals surface area (Å²) < 4.78 is 0. The van der Waals surface area contributed by atoms with Crippen molar-refractivity contribution >= 4 is 5.91 Å². The van der Waals surface area contributed by atoms with Crippen LogP contribution < -0.4 is 11.1 Å². The minimum Gasteiger partial charge on any atom is -0.349 e. The SMILES string of the molecule is NC1(c2ccc(C(=O)NC3CCC3)cc2)CC1. The van der Waals surface area contributed by atoms with Crippen molar-refractivity contribution < 1.29 is 4.79 Å². The molecule has 3 heteroatoms. The van der Waals surface area contributed by atoms with Crippen LogP contribution in [0.5, 0.6) is 0 Å². The minimum atomic E-state index is -0.108. The van der Waals surface area contributed by atoms with Crippen LogP contribution in [0.1, 0.15) is 48.0 Å². The number of carbonyl (C=O) groups excluding carboxylic acids is 1. The number of benzene rings is 1. The first-order chi connectivity index (χ1) is 8.17. The number of hydrogen-bond acceptors (Lipinski definition) is 2. The van der Waals surface area contributed by atoms with Gasteiger partial charge in [-0.15, -0.1) is 0 Å². The maximum Gasteiger partial charge on any atom is 0.251 e. The fraction of sp³-hybridized carbons (Fsp3) is 0.500. The van der Waals surface area contributed by atoms with Gasteiger partial charge in [-0.2, -0.15) is 0 Å². The van der Waals surface area contributed by atoms with Gasteiger partial charge in [-0.05, 0) is 49.8 Å². The maximum atomic E-state index is 11.9. The zero-order valence-corrected chi connectivity index (χ0v) is 9.91. The second-order valence-corrected chi connectivity index (χ2v) is 5.33. The molecule has 1 amide bonds. The van der Waals surface area contributed by atoms with E-state index in [0.717, 1.165) is 36.8 Å². The number of hydrogen-bond donors (Lipinski definition) is 2. The Balaban J connectivity index is 1.68. The Labute approximate surface area is 101 Å². The van der Waals surface area contributed by atoms with Crippen LogP contribution in [0, 0.1) is 0 Å². The summed E-state index contributed by atoms with van der Waals surface area (Å²) in [7, 11) is 0.